The van der Waals surface area contributed by atoms with Crippen LogP contribution < -0.4 is 10.6 Å². The number of hydrogen-bond donors (Lipinski definition) is 2. The molecule has 3 aromatic rings. The highest BCUT2D eigenvalue weighted by Gasteiger charge is 2.21. The van der Waals surface area contributed by atoms with Crippen molar-refractivity contribution in [2.45, 2.75) is 51.1 Å². The van der Waals surface area contributed by atoms with E-state index in [1.165, 1.54) is 28.8 Å². The van der Waals surface area contributed by atoms with Gasteiger partial charge in [-0.25, -0.2) is 4.68 Å². The molecule has 6 heteroatoms. The third-order valence-electron chi connectivity index (χ3n) is 5.62. The lowest BCUT2D eigenvalue weighted by atomic mass is 10.0. The summed E-state index contributed by atoms with van der Waals surface area (Å²) in [5.74, 6) is 0.750. The van der Waals surface area contributed by atoms with Crippen molar-refractivity contribution in [2.24, 2.45) is 0 Å². The molecule has 0 saturated heterocycles. The zero-order valence-electron chi connectivity index (χ0n) is 16.8. The fourth-order valence-corrected chi connectivity index (χ4v) is 4.85. The zero-order valence-corrected chi connectivity index (χ0v) is 17.6. The fourth-order valence-electron chi connectivity index (χ4n) is 4.02. The molecule has 1 saturated carbocycles. The van der Waals surface area contributed by atoms with Gasteiger partial charge in [-0.2, -0.15) is 5.10 Å². The van der Waals surface area contributed by atoms with Crippen molar-refractivity contribution < 1.29 is 4.79 Å². The topological polar surface area (TPSA) is 59.0 Å². The maximum atomic E-state index is 12.7. The molecule has 1 aliphatic carbocycles. The summed E-state index contributed by atoms with van der Waals surface area (Å²) in [6.07, 6.45) is 7.53. The molecule has 0 spiro atoms. The Balaban J connectivity index is 1.42. The van der Waals surface area contributed by atoms with Gasteiger partial charge in [0.05, 0.1) is 24.8 Å². The van der Waals surface area contributed by atoms with Gasteiger partial charge in [0.15, 0.2) is 0 Å². The average molecular weight is 409 g/mol. The summed E-state index contributed by atoms with van der Waals surface area (Å²) in [6, 6.07) is 15.1. The molecule has 0 radical (unpaired) electrons. The molecule has 5 nitrogen and oxygen atoms in total. The Morgan fingerprint density at radius 3 is 2.69 bits per heavy atom. The molecule has 4 rings (SSSR count). The number of rotatable bonds is 8. The predicted octanol–water partition coefficient (Wildman–Crippen LogP) is 4.94. The highest BCUT2D eigenvalue weighted by molar-refractivity contribution is 7.10. The van der Waals surface area contributed by atoms with E-state index in [9.17, 15) is 4.79 Å². The summed E-state index contributed by atoms with van der Waals surface area (Å²) in [7, 11) is 0. The quantitative estimate of drug-likeness (QED) is 0.555. The molecular formula is C23H28N4OS. The van der Waals surface area contributed by atoms with Gasteiger partial charge >= 0.3 is 0 Å². The zero-order chi connectivity index (χ0) is 20.1. The molecule has 0 aliphatic heterocycles. The number of amides is 1. The van der Waals surface area contributed by atoms with Gasteiger partial charge in [0.2, 0.25) is 5.91 Å². The predicted molar refractivity (Wildman–Crippen MR) is 118 cm³/mol. The second-order valence-electron chi connectivity index (χ2n) is 7.57. The van der Waals surface area contributed by atoms with E-state index in [4.69, 9.17) is 0 Å². The van der Waals surface area contributed by atoms with Gasteiger partial charge < -0.3 is 5.32 Å². The molecule has 1 amide bonds. The molecule has 1 aliphatic rings. The lowest BCUT2D eigenvalue weighted by Gasteiger charge is -2.19. The maximum Gasteiger partial charge on any atom is 0.239 e. The average Bonchev–Trinajstić information content (AvgIpc) is 3.51. The van der Waals surface area contributed by atoms with E-state index < -0.39 is 0 Å². The number of nitrogens with zero attached hydrogens (tertiary/aromatic N) is 2. The van der Waals surface area contributed by atoms with Crippen molar-refractivity contribution in [2.75, 3.05) is 11.9 Å². The standard InChI is InChI=1S/C23H28N4OS/c1-2-17-9-11-18(12-10-17)23(20-8-5-15-29-20)24-16-22(28)26-21-13-14-25-27(21)19-6-3-4-7-19/h5,8-15,19,23-24H,2-4,6-7,16H2,1H3,(H,26,28)/t23-/m0/s1. The Morgan fingerprint density at radius 1 is 1.21 bits per heavy atom. The van der Waals surface area contributed by atoms with Crippen molar-refractivity contribution in [1.82, 2.24) is 15.1 Å². The van der Waals surface area contributed by atoms with Crippen molar-refractivity contribution in [3.8, 4) is 0 Å². The van der Waals surface area contributed by atoms with Crippen molar-refractivity contribution in [1.29, 1.82) is 0 Å². The first-order valence-electron chi connectivity index (χ1n) is 10.4. The minimum Gasteiger partial charge on any atom is -0.310 e. The lowest BCUT2D eigenvalue weighted by molar-refractivity contribution is -0.115. The van der Waals surface area contributed by atoms with Gasteiger partial charge in [0, 0.05) is 10.9 Å². The van der Waals surface area contributed by atoms with Crippen LogP contribution in [0.25, 0.3) is 0 Å². The smallest absolute Gasteiger partial charge is 0.239 e. The van der Waals surface area contributed by atoms with Gasteiger partial charge in [-0.3, -0.25) is 10.1 Å². The summed E-state index contributed by atoms with van der Waals surface area (Å²) in [5, 5.41) is 13.0. The van der Waals surface area contributed by atoms with Crippen LogP contribution in [0.4, 0.5) is 5.82 Å². The van der Waals surface area contributed by atoms with Crippen LogP contribution in [0.2, 0.25) is 0 Å². The van der Waals surface area contributed by atoms with E-state index >= 15 is 0 Å². The number of carbonyl (C=O) groups excluding carboxylic acids is 1. The number of aryl methyl sites for hydroxylation is 1. The maximum absolute atomic E-state index is 12.7. The number of benzene rings is 1. The number of hydrogen-bond acceptors (Lipinski definition) is 4. The molecule has 2 aromatic heterocycles. The van der Waals surface area contributed by atoms with E-state index in [1.807, 2.05) is 10.7 Å². The van der Waals surface area contributed by atoms with E-state index in [1.54, 1.807) is 17.5 Å². The molecule has 1 atom stereocenters. The first-order chi connectivity index (χ1) is 14.2. The van der Waals surface area contributed by atoms with E-state index in [0.29, 0.717) is 6.04 Å². The molecular weight excluding hydrogens is 380 g/mol. The highest BCUT2D eigenvalue weighted by atomic mass is 32.1. The Hall–Kier alpha value is -2.44. The number of anilines is 1. The van der Waals surface area contributed by atoms with E-state index in [0.717, 1.165) is 25.1 Å². The Labute approximate surface area is 176 Å². The van der Waals surface area contributed by atoms with E-state index in [2.05, 4.69) is 64.4 Å². The van der Waals surface area contributed by atoms with Crippen LogP contribution in [0.1, 0.15) is 60.7 Å². The molecule has 29 heavy (non-hydrogen) atoms. The number of thiophene rings is 1. The largest absolute Gasteiger partial charge is 0.310 e. The first kappa shape index (κ1) is 19.9. The van der Waals surface area contributed by atoms with E-state index in [-0.39, 0.29) is 18.5 Å². The van der Waals surface area contributed by atoms with Crippen LogP contribution in [0, 0.1) is 0 Å². The molecule has 152 valence electrons. The molecule has 2 N–H and O–H groups in total. The number of nitrogens with one attached hydrogen (secondary N) is 2. The highest BCUT2D eigenvalue weighted by Crippen LogP contribution is 2.31. The van der Waals surface area contributed by atoms with Gasteiger partial charge in [-0.1, -0.05) is 50.1 Å². The molecule has 0 unspecified atom stereocenters. The molecule has 1 fully saturated rings. The summed E-state index contributed by atoms with van der Waals surface area (Å²) >= 11 is 1.70. The summed E-state index contributed by atoms with van der Waals surface area (Å²) in [4.78, 5) is 13.9. The first-order valence-corrected chi connectivity index (χ1v) is 11.3. The van der Waals surface area contributed by atoms with Crippen LogP contribution in [0.15, 0.2) is 54.0 Å². The molecule has 1 aromatic carbocycles. The third-order valence-corrected chi connectivity index (χ3v) is 6.56. The Morgan fingerprint density at radius 2 is 2.00 bits per heavy atom. The van der Waals surface area contributed by atoms with Gasteiger partial charge in [0.1, 0.15) is 5.82 Å². The van der Waals surface area contributed by atoms with Gasteiger partial charge in [-0.15, -0.1) is 11.3 Å². The second-order valence-corrected chi connectivity index (χ2v) is 8.55. The summed E-state index contributed by atoms with van der Waals surface area (Å²) in [5.41, 5.74) is 2.49. The van der Waals surface area contributed by atoms with Crippen molar-refractivity contribution in [3.05, 3.63) is 70.0 Å². The van der Waals surface area contributed by atoms with Crippen molar-refractivity contribution in [3.63, 3.8) is 0 Å². The number of aromatic nitrogens is 2. The SMILES string of the molecule is CCc1ccc([C@H](NCC(=O)Nc2ccnn2C2CCCC2)c2cccs2)cc1. The van der Waals surface area contributed by atoms with Crippen LogP contribution >= 0.6 is 11.3 Å². The van der Waals surface area contributed by atoms with Crippen LogP contribution in [-0.4, -0.2) is 22.2 Å². The normalized spacial score (nSPS) is 15.5. The third kappa shape index (κ3) is 4.77. The summed E-state index contributed by atoms with van der Waals surface area (Å²) < 4.78 is 1.98. The lowest BCUT2D eigenvalue weighted by Crippen LogP contribution is -2.32. The number of carbonyl (C=O) groups is 1. The Kier molecular flexibility index (Phi) is 6.42. The van der Waals surface area contributed by atoms with Gasteiger partial charge in [0.25, 0.3) is 0 Å². The summed E-state index contributed by atoms with van der Waals surface area (Å²) in [6.45, 7) is 2.40. The second kappa shape index (κ2) is 9.37. The van der Waals surface area contributed by atoms with Crippen LogP contribution in [0.5, 0.6) is 0 Å². The Bertz CT molecular complexity index is 911. The minimum atomic E-state index is -0.0449. The molecule has 2 heterocycles. The van der Waals surface area contributed by atoms with Crippen molar-refractivity contribution >= 4 is 23.1 Å². The molecule has 0 bridgehead atoms. The monoisotopic (exact) mass is 408 g/mol. The minimum absolute atomic E-state index is 0.00592. The van der Waals surface area contributed by atoms with Gasteiger partial charge in [-0.05, 0) is 41.8 Å². The fraction of sp³-hybridized carbons (Fsp3) is 0.391. The van der Waals surface area contributed by atoms with Crippen LogP contribution in [0.3, 0.4) is 0 Å². The van der Waals surface area contributed by atoms with Crippen LogP contribution in [-0.2, 0) is 11.2 Å².